The maximum absolute atomic E-state index is 11.9. The van der Waals surface area contributed by atoms with Crippen LogP contribution in [-0.2, 0) is 4.79 Å². The molecule has 108 valence electrons. The maximum atomic E-state index is 11.9. The summed E-state index contributed by atoms with van der Waals surface area (Å²) in [5.74, 6) is 0.765. The molecule has 0 aliphatic heterocycles. The highest BCUT2D eigenvalue weighted by Crippen LogP contribution is 2.26. The van der Waals surface area contributed by atoms with Gasteiger partial charge in [0, 0.05) is 17.8 Å². The molecule has 1 aromatic carbocycles. The molecule has 1 amide bonds. The van der Waals surface area contributed by atoms with Crippen molar-refractivity contribution in [2.45, 2.75) is 45.1 Å². The van der Waals surface area contributed by atoms with Crippen LogP contribution in [0.1, 0.15) is 44.6 Å². The zero-order valence-electron chi connectivity index (χ0n) is 12.1. The molecule has 0 radical (unpaired) electrons. The fourth-order valence-electron chi connectivity index (χ4n) is 2.88. The van der Waals surface area contributed by atoms with E-state index in [1.54, 1.807) is 6.08 Å². The van der Waals surface area contributed by atoms with Crippen molar-refractivity contribution in [1.82, 2.24) is 5.32 Å². The molecule has 1 aliphatic rings. The minimum Gasteiger partial charge on any atom is -0.399 e. The van der Waals surface area contributed by atoms with Crippen LogP contribution in [0.4, 0.5) is 5.69 Å². The number of nitrogen functional groups attached to an aromatic ring is 1. The van der Waals surface area contributed by atoms with E-state index in [2.05, 4.69) is 12.2 Å². The molecular weight excluding hydrogens is 248 g/mol. The van der Waals surface area contributed by atoms with Gasteiger partial charge in [-0.05, 0) is 42.5 Å². The minimum atomic E-state index is -0.00539. The number of anilines is 1. The summed E-state index contributed by atoms with van der Waals surface area (Å²) < 4.78 is 0. The minimum absolute atomic E-state index is 0.00539. The van der Waals surface area contributed by atoms with Gasteiger partial charge in [-0.3, -0.25) is 4.79 Å². The van der Waals surface area contributed by atoms with Gasteiger partial charge < -0.3 is 11.1 Å². The highest BCUT2D eigenvalue weighted by atomic mass is 16.1. The van der Waals surface area contributed by atoms with Crippen LogP contribution in [0.15, 0.2) is 30.3 Å². The van der Waals surface area contributed by atoms with Gasteiger partial charge in [0.2, 0.25) is 5.91 Å². The second-order valence-corrected chi connectivity index (χ2v) is 5.65. The van der Waals surface area contributed by atoms with Crippen molar-refractivity contribution >= 4 is 17.7 Å². The lowest BCUT2D eigenvalue weighted by molar-refractivity contribution is -0.117. The molecule has 0 saturated heterocycles. The molecule has 1 aliphatic carbocycles. The van der Waals surface area contributed by atoms with Crippen molar-refractivity contribution < 1.29 is 4.79 Å². The molecule has 3 N–H and O–H groups in total. The number of carbonyl (C=O) groups is 1. The molecule has 20 heavy (non-hydrogen) atoms. The molecule has 0 bridgehead atoms. The van der Waals surface area contributed by atoms with Gasteiger partial charge in [-0.2, -0.15) is 0 Å². The second kappa shape index (κ2) is 7.13. The summed E-state index contributed by atoms with van der Waals surface area (Å²) >= 11 is 0. The quantitative estimate of drug-likeness (QED) is 0.652. The van der Waals surface area contributed by atoms with Crippen molar-refractivity contribution in [2.75, 3.05) is 5.73 Å². The van der Waals surface area contributed by atoms with Gasteiger partial charge in [-0.25, -0.2) is 0 Å². The Morgan fingerprint density at radius 3 is 3.05 bits per heavy atom. The molecule has 1 aromatic rings. The topological polar surface area (TPSA) is 55.1 Å². The van der Waals surface area contributed by atoms with Crippen LogP contribution in [0, 0.1) is 5.92 Å². The van der Waals surface area contributed by atoms with Crippen LogP contribution in [0.25, 0.3) is 6.08 Å². The average Bonchev–Trinajstić information content (AvgIpc) is 2.45. The first-order chi connectivity index (χ1) is 9.67. The Morgan fingerprint density at radius 2 is 2.30 bits per heavy atom. The number of amides is 1. The highest BCUT2D eigenvalue weighted by Gasteiger charge is 2.21. The van der Waals surface area contributed by atoms with Gasteiger partial charge in [0.25, 0.3) is 0 Å². The van der Waals surface area contributed by atoms with E-state index in [-0.39, 0.29) is 5.91 Å². The number of rotatable bonds is 4. The Kier molecular flexibility index (Phi) is 5.22. The summed E-state index contributed by atoms with van der Waals surface area (Å²) in [6, 6.07) is 7.86. The van der Waals surface area contributed by atoms with Crippen molar-refractivity contribution in [3.63, 3.8) is 0 Å². The zero-order chi connectivity index (χ0) is 14.4. The number of hydrogen-bond donors (Lipinski definition) is 2. The van der Waals surface area contributed by atoms with Crippen LogP contribution >= 0.6 is 0 Å². The summed E-state index contributed by atoms with van der Waals surface area (Å²) in [7, 11) is 0. The average molecular weight is 272 g/mol. The third-order valence-corrected chi connectivity index (χ3v) is 4.04. The van der Waals surface area contributed by atoms with Crippen LogP contribution in [-0.4, -0.2) is 11.9 Å². The fraction of sp³-hybridized carbons (Fsp3) is 0.471. The lowest BCUT2D eigenvalue weighted by atomic mass is 9.84. The van der Waals surface area contributed by atoms with Crippen molar-refractivity contribution in [1.29, 1.82) is 0 Å². The normalized spacial score (nSPS) is 22.9. The van der Waals surface area contributed by atoms with Gasteiger partial charge in [-0.15, -0.1) is 0 Å². The molecule has 1 saturated carbocycles. The SMILES string of the molecule is CCC1CCCC(NC(=O)/C=C/c2cccc(N)c2)C1. The molecule has 2 unspecified atom stereocenters. The lowest BCUT2D eigenvalue weighted by Crippen LogP contribution is -2.37. The van der Waals surface area contributed by atoms with Gasteiger partial charge in [0.1, 0.15) is 0 Å². The van der Waals surface area contributed by atoms with E-state index in [4.69, 9.17) is 5.73 Å². The number of nitrogens with one attached hydrogen (secondary N) is 1. The Morgan fingerprint density at radius 1 is 1.45 bits per heavy atom. The molecule has 3 heteroatoms. The molecule has 0 heterocycles. The molecular formula is C17H24N2O. The summed E-state index contributed by atoms with van der Waals surface area (Å²) in [4.78, 5) is 11.9. The number of benzene rings is 1. The summed E-state index contributed by atoms with van der Waals surface area (Å²) in [6.45, 7) is 2.23. The molecule has 2 atom stereocenters. The van der Waals surface area contributed by atoms with E-state index in [1.807, 2.05) is 30.3 Å². The van der Waals surface area contributed by atoms with Gasteiger partial charge >= 0.3 is 0 Å². The summed E-state index contributed by atoms with van der Waals surface area (Å²) in [5.41, 5.74) is 7.38. The first kappa shape index (κ1) is 14.6. The van der Waals surface area contributed by atoms with Crippen molar-refractivity contribution in [2.24, 2.45) is 5.92 Å². The van der Waals surface area contributed by atoms with E-state index >= 15 is 0 Å². The van der Waals surface area contributed by atoms with E-state index in [1.165, 1.54) is 19.3 Å². The van der Waals surface area contributed by atoms with Crippen LogP contribution in [0.5, 0.6) is 0 Å². The van der Waals surface area contributed by atoms with Crippen LogP contribution < -0.4 is 11.1 Å². The van der Waals surface area contributed by atoms with Gasteiger partial charge in [-0.1, -0.05) is 38.3 Å². The van der Waals surface area contributed by atoms with Crippen molar-refractivity contribution in [3.05, 3.63) is 35.9 Å². The lowest BCUT2D eigenvalue weighted by Gasteiger charge is -2.28. The molecule has 2 rings (SSSR count). The zero-order valence-corrected chi connectivity index (χ0v) is 12.1. The predicted molar refractivity (Wildman–Crippen MR) is 84.1 cm³/mol. The van der Waals surface area contributed by atoms with Crippen molar-refractivity contribution in [3.8, 4) is 0 Å². The van der Waals surface area contributed by atoms with E-state index in [0.717, 1.165) is 24.3 Å². The molecule has 3 nitrogen and oxygen atoms in total. The second-order valence-electron chi connectivity index (χ2n) is 5.65. The maximum Gasteiger partial charge on any atom is 0.244 e. The van der Waals surface area contributed by atoms with Crippen LogP contribution in [0.3, 0.4) is 0 Å². The largest absolute Gasteiger partial charge is 0.399 e. The summed E-state index contributed by atoms with van der Waals surface area (Å²) in [6.07, 6.45) is 9.38. The number of hydrogen-bond acceptors (Lipinski definition) is 2. The Labute approximate surface area is 121 Å². The van der Waals surface area contributed by atoms with Gasteiger partial charge in [0.05, 0.1) is 0 Å². The molecule has 1 fully saturated rings. The Balaban J connectivity index is 1.86. The monoisotopic (exact) mass is 272 g/mol. The predicted octanol–water partition coefficient (Wildman–Crippen LogP) is 3.37. The smallest absolute Gasteiger partial charge is 0.244 e. The first-order valence-corrected chi connectivity index (χ1v) is 7.51. The number of nitrogens with two attached hydrogens (primary N) is 1. The van der Waals surface area contributed by atoms with E-state index in [0.29, 0.717) is 11.7 Å². The molecule has 0 aromatic heterocycles. The van der Waals surface area contributed by atoms with E-state index in [9.17, 15) is 4.79 Å². The molecule has 0 spiro atoms. The van der Waals surface area contributed by atoms with Gasteiger partial charge in [0.15, 0.2) is 0 Å². The third-order valence-electron chi connectivity index (χ3n) is 4.04. The number of carbonyl (C=O) groups excluding carboxylic acids is 1. The highest BCUT2D eigenvalue weighted by molar-refractivity contribution is 5.92. The third kappa shape index (κ3) is 4.41. The first-order valence-electron chi connectivity index (χ1n) is 7.51. The Bertz CT molecular complexity index is 482. The van der Waals surface area contributed by atoms with Crippen LogP contribution in [0.2, 0.25) is 0 Å². The Hall–Kier alpha value is -1.77. The standard InChI is InChI=1S/C17H24N2O/c1-2-13-5-4-8-16(12-13)19-17(20)10-9-14-6-3-7-15(18)11-14/h3,6-7,9-11,13,16H,2,4-5,8,12,18H2,1H3,(H,19,20)/b10-9+. The summed E-state index contributed by atoms with van der Waals surface area (Å²) in [5, 5.41) is 3.11. The van der Waals surface area contributed by atoms with E-state index < -0.39 is 0 Å². The fourth-order valence-corrected chi connectivity index (χ4v) is 2.88.